The van der Waals surface area contributed by atoms with Gasteiger partial charge in [0.15, 0.2) is 9.84 Å². The van der Waals surface area contributed by atoms with Crippen LogP contribution in [0.1, 0.15) is 27.2 Å². The van der Waals surface area contributed by atoms with E-state index >= 15 is 0 Å². The van der Waals surface area contributed by atoms with Crippen molar-refractivity contribution >= 4 is 38.9 Å². The molecule has 2 amide bonds. The van der Waals surface area contributed by atoms with Gasteiger partial charge in [0.1, 0.15) is 5.41 Å². The fourth-order valence-corrected chi connectivity index (χ4v) is 4.80. The van der Waals surface area contributed by atoms with E-state index in [0.29, 0.717) is 23.7 Å². The molecule has 0 aliphatic carbocycles. The molecule has 0 radical (unpaired) electrons. The van der Waals surface area contributed by atoms with Gasteiger partial charge in [0, 0.05) is 12.6 Å². The lowest BCUT2D eigenvalue weighted by Crippen LogP contribution is -2.51. The van der Waals surface area contributed by atoms with Crippen LogP contribution in [0.15, 0.2) is 24.3 Å². The number of carbonyl (C=O) groups is 2. The van der Waals surface area contributed by atoms with Crippen LogP contribution in [0, 0.1) is 5.41 Å². The van der Waals surface area contributed by atoms with Crippen LogP contribution in [0.4, 0.5) is 5.69 Å². The van der Waals surface area contributed by atoms with Crippen molar-refractivity contribution in [3.05, 3.63) is 29.3 Å². The van der Waals surface area contributed by atoms with Gasteiger partial charge in [-0.15, -0.1) is 0 Å². The van der Waals surface area contributed by atoms with Crippen molar-refractivity contribution in [3.63, 3.8) is 0 Å². The molecule has 1 N–H and O–H groups in total. The average molecular weight is 387 g/mol. The second-order valence-corrected chi connectivity index (χ2v) is 9.34. The Balaban J connectivity index is 2.17. The smallest absolute Gasteiger partial charge is 0.239 e. The van der Waals surface area contributed by atoms with Crippen molar-refractivity contribution < 1.29 is 18.0 Å². The minimum absolute atomic E-state index is 0.0468. The van der Waals surface area contributed by atoms with Gasteiger partial charge in [0.05, 0.1) is 22.2 Å². The first-order valence-electron chi connectivity index (χ1n) is 8.16. The van der Waals surface area contributed by atoms with Gasteiger partial charge in [-0.25, -0.2) is 8.42 Å². The summed E-state index contributed by atoms with van der Waals surface area (Å²) >= 11 is 6.05. The summed E-state index contributed by atoms with van der Waals surface area (Å²) in [6.45, 7) is 5.20. The first kappa shape index (κ1) is 19.7. The number of nitrogens with zero attached hydrogens (tertiary/aromatic N) is 1. The first-order chi connectivity index (χ1) is 11.6. The maximum absolute atomic E-state index is 12.9. The van der Waals surface area contributed by atoms with Gasteiger partial charge in [-0.05, 0) is 39.3 Å². The standard InChI is InChI=1S/C17H23ClN2O4S/c1-4-20(12-9-10-25(23,24)11-12)16(22)17(2,3)15(21)19-14-8-6-5-7-13(14)18/h5-8,12H,4,9-11H2,1-3H3,(H,19,21). The van der Waals surface area contributed by atoms with Crippen LogP contribution < -0.4 is 5.32 Å². The minimum Gasteiger partial charge on any atom is -0.338 e. The highest BCUT2D eigenvalue weighted by Gasteiger charge is 2.43. The van der Waals surface area contributed by atoms with E-state index in [1.165, 1.54) is 18.7 Å². The number of anilines is 1. The Hall–Kier alpha value is -1.60. The number of benzene rings is 1. The third-order valence-electron chi connectivity index (χ3n) is 4.48. The summed E-state index contributed by atoms with van der Waals surface area (Å²) in [5.41, 5.74) is -0.914. The lowest BCUT2D eigenvalue weighted by molar-refractivity contribution is -0.147. The molecule has 1 fully saturated rings. The van der Waals surface area contributed by atoms with Crippen LogP contribution >= 0.6 is 11.6 Å². The Bertz CT molecular complexity index is 777. The SMILES string of the molecule is CCN(C(=O)C(C)(C)C(=O)Nc1ccccc1Cl)C1CCS(=O)(=O)C1. The molecule has 0 saturated carbocycles. The first-order valence-corrected chi connectivity index (χ1v) is 10.4. The number of para-hydroxylation sites is 1. The number of halogens is 1. The van der Waals surface area contributed by atoms with Crippen LogP contribution in [0.2, 0.25) is 5.02 Å². The van der Waals surface area contributed by atoms with Crippen molar-refractivity contribution in [1.82, 2.24) is 4.90 Å². The summed E-state index contributed by atoms with van der Waals surface area (Å²) in [5, 5.41) is 3.06. The predicted molar refractivity (Wildman–Crippen MR) is 98.3 cm³/mol. The number of amides is 2. The van der Waals surface area contributed by atoms with Crippen LogP contribution in [0.5, 0.6) is 0 Å². The van der Waals surface area contributed by atoms with E-state index < -0.39 is 21.2 Å². The zero-order valence-corrected chi connectivity index (χ0v) is 16.2. The van der Waals surface area contributed by atoms with Crippen molar-refractivity contribution in [2.45, 2.75) is 33.2 Å². The third kappa shape index (κ3) is 4.33. The van der Waals surface area contributed by atoms with Gasteiger partial charge >= 0.3 is 0 Å². The summed E-state index contributed by atoms with van der Waals surface area (Å²) in [5.74, 6) is -0.839. The zero-order valence-electron chi connectivity index (χ0n) is 14.6. The molecule has 138 valence electrons. The second kappa shape index (κ2) is 7.33. The second-order valence-electron chi connectivity index (χ2n) is 6.71. The Labute approximate surface area is 153 Å². The monoisotopic (exact) mass is 386 g/mol. The maximum Gasteiger partial charge on any atom is 0.239 e. The van der Waals surface area contributed by atoms with Crippen LogP contribution in [0.3, 0.4) is 0 Å². The molecule has 1 aliphatic rings. The topological polar surface area (TPSA) is 83.6 Å². The van der Waals surface area contributed by atoms with Crippen LogP contribution in [-0.4, -0.2) is 49.2 Å². The van der Waals surface area contributed by atoms with Gasteiger partial charge in [-0.3, -0.25) is 9.59 Å². The third-order valence-corrected chi connectivity index (χ3v) is 6.56. The minimum atomic E-state index is -3.12. The molecule has 1 heterocycles. The summed E-state index contributed by atoms with van der Waals surface area (Å²) in [4.78, 5) is 27.1. The predicted octanol–water partition coefficient (Wildman–Crippen LogP) is 2.34. The molecule has 6 nitrogen and oxygen atoms in total. The molecule has 8 heteroatoms. The molecule has 0 bridgehead atoms. The number of sulfone groups is 1. The van der Waals surface area contributed by atoms with E-state index in [2.05, 4.69) is 5.32 Å². The molecular weight excluding hydrogens is 364 g/mol. The average Bonchev–Trinajstić information content (AvgIpc) is 2.90. The summed E-state index contributed by atoms with van der Waals surface area (Å²) in [7, 11) is -3.12. The number of nitrogens with one attached hydrogen (secondary N) is 1. The van der Waals surface area contributed by atoms with Gasteiger partial charge in [0.25, 0.3) is 0 Å². The molecule has 25 heavy (non-hydrogen) atoms. The number of carbonyl (C=O) groups excluding carboxylic acids is 2. The Morgan fingerprint density at radius 3 is 2.48 bits per heavy atom. The normalized spacial score (nSPS) is 19.4. The van der Waals surface area contributed by atoms with Gasteiger partial charge in [-0.2, -0.15) is 0 Å². The quantitative estimate of drug-likeness (QED) is 0.787. The molecule has 1 saturated heterocycles. The molecule has 1 atom stereocenters. The highest BCUT2D eigenvalue weighted by molar-refractivity contribution is 7.91. The molecule has 0 spiro atoms. The summed E-state index contributed by atoms with van der Waals surface area (Å²) in [6.07, 6.45) is 0.407. The van der Waals surface area contributed by atoms with Crippen LogP contribution in [0.25, 0.3) is 0 Å². The van der Waals surface area contributed by atoms with E-state index in [-0.39, 0.29) is 23.5 Å². The van der Waals surface area contributed by atoms with Crippen LogP contribution in [-0.2, 0) is 19.4 Å². The largest absolute Gasteiger partial charge is 0.338 e. The Kier molecular flexibility index (Phi) is 5.79. The van der Waals surface area contributed by atoms with Gasteiger partial charge < -0.3 is 10.2 Å². The maximum atomic E-state index is 12.9. The molecular formula is C17H23ClN2O4S. The highest BCUT2D eigenvalue weighted by atomic mass is 35.5. The molecule has 1 aromatic rings. The van der Waals surface area contributed by atoms with Crippen molar-refractivity contribution in [2.24, 2.45) is 5.41 Å². The van der Waals surface area contributed by atoms with Crippen molar-refractivity contribution in [1.29, 1.82) is 0 Å². The number of hydrogen-bond donors (Lipinski definition) is 1. The van der Waals surface area contributed by atoms with Gasteiger partial charge in [-0.1, -0.05) is 23.7 Å². The molecule has 1 unspecified atom stereocenters. The fraction of sp³-hybridized carbons (Fsp3) is 0.529. The zero-order chi connectivity index (χ0) is 18.8. The molecule has 1 aliphatic heterocycles. The lowest BCUT2D eigenvalue weighted by atomic mass is 9.89. The van der Waals surface area contributed by atoms with E-state index in [4.69, 9.17) is 11.6 Å². The van der Waals surface area contributed by atoms with Gasteiger partial charge in [0.2, 0.25) is 11.8 Å². The molecule has 2 rings (SSSR count). The molecule has 1 aromatic carbocycles. The van der Waals surface area contributed by atoms with E-state index in [0.717, 1.165) is 0 Å². The lowest BCUT2D eigenvalue weighted by Gasteiger charge is -2.34. The van der Waals surface area contributed by atoms with E-state index in [9.17, 15) is 18.0 Å². The summed E-state index contributed by atoms with van der Waals surface area (Å²) < 4.78 is 23.4. The van der Waals surface area contributed by atoms with Crippen molar-refractivity contribution in [2.75, 3.05) is 23.4 Å². The highest BCUT2D eigenvalue weighted by Crippen LogP contribution is 2.28. The number of rotatable bonds is 5. The summed E-state index contributed by atoms with van der Waals surface area (Å²) in [6, 6.07) is 6.40. The van der Waals surface area contributed by atoms with E-state index in [1.54, 1.807) is 31.2 Å². The Morgan fingerprint density at radius 1 is 1.32 bits per heavy atom. The van der Waals surface area contributed by atoms with E-state index in [1.807, 2.05) is 0 Å². The Morgan fingerprint density at radius 2 is 1.96 bits per heavy atom. The molecule has 0 aromatic heterocycles. The van der Waals surface area contributed by atoms with Crippen molar-refractivity contribution in [3.8, 4) is 0 Å². The fourth-order valence-electron chi connectivity index (χ4n) is 2.89. The number of hydrogen-bond acceptors (Lipinski definition) is 4.